The van der Waals surface area contributed by atoms with E-state index in [9.17, 15) is 0 Å². The zero-order valence-electron chi connectivity index (χ0n) is 16.9. The number of hydrogen-bond acceptors (Lipinski definition) is 8. The minimum absolute atomic E-state index is 0.769. The van der Waals surface area contributed by atoms with Crippen LogP contribution in [0.15, 0.2) is 24.3 Å². The molecule has 1 aliphatic heterocycles. The number of ether oxygens (including phenoxy) is 2. The zero-order valence-corrected chi connectivity index (χ0v) is 19.3. The highest BCUT2D eigenvalue weighted by Gasteiger charge is 2.24. The van der Waals surface area contributed by atoms with Crippen LogP contribution in [-0.2, 0) is 0 Å². The van der Waals surface area contributed by atoms with Crippen LogP contribution in [0.2, 0.25) is 5.02 Å². The number of methoxy groups -OCH3 is 2. The molecule has 4 aromatic rings. The van der Waals surface area contributed by atoms with E-state index in [0.29, 0.717) is 0 Å². The predicted octanol–water partition coefficient (Wildman–Crippen LogP) is 5.21. The lowest BCUT2D eigenvalue weighted by molar-refractivity contribution is 0.410. The molecule has 2 aromatic carbocycles. The third kappa shape index (κ3) is 3.23. The van der Waals surface area contributed by atoms with Crippen molar-refractivity contribution >= 4 is 65.0 Å². The van der Waals surface area contributed by atoms with Crippen molar-refractivity contribution in [3.63, 3.8) is 0 Å². The number of halogens is 1. The Morgan fingerprint density at radius 1 is 0.833 bits per heavy atom. The van der Waals surface area contributed by atoms with Gasteiger partial charge in [0, 0.05) is 31.2 Å². The van der Waals surface area contributed by atoms with Crippen LogP contribution < -0.4 is 19.3 Å². The van der Waals surface area contributed by atoms with Crippen LogP contribution in [0, 0.1) is 6.92 Å². The number of thiazole rings is 2. The Balaban J connectivity index is 1.38. The second-order valence-electron chi connectivity index (χ2n) is 7.13. The summed E-state index contributed by atoms with van der Waals surface area (Å²) in [4.78, 5) is 14.4. The van der Waals surface area contributed by atoms with Gasteiger partial charge in [0.2, 0.25) is 0 Å². The summed E-state index contributed by atoms with van der Waals surface area (Å²) in [5.41, 5.74) is 2.92. The lowest BCUT2D eigenvalue weighted by atomic mass is 10.2. The number of hydrogen-bond donors (Lipinski definition) is 0. The van der Waals surface area contributed by atoms with E-state index in [1.54, 1.807) is 36.9 Å². The van der Waals surface area contributed by atoms with E-state index >= 15 is 0 Å². The van der Waals surface area contributed by atoms with Crippen molar-refractivity contribution in [1.82, 2.24) is 9.97 Å². The Kier molecular flexibility index (Phi) is 5.08. The molecule has 0 unspecified atom stereocenters. The van der Waals surface area contributed by atoms with Gasteiger partial charge in [0.25, 0.3) is 0 Å². The maximum absolute atomic E-state index is 6.27. The normalized spacial score (nSPS) is 14.7. The SMILES string of the molecule is COc1ccc(OC)c2sc(N3CCN(c4nc5c(C)c(Cl)ccc5s4)CC3)nc12. The Morgan fingerprint density at radius 2 is 1.43 bits per heavy atom. The number of nitrogens with zero attached hydrogens (tertiary/aromatic N) is 4. The van der Waals surface area contributed by atoms with Gasteiger partial charge in [0.1, 0.15) is 21.7 Å². The van der Waals surface area contributed by atoms with Crippen LogP contribution in [0.25, 0.3) is 20.4 Å². The molecule has 0 amide bonds. The van der Waals surface area contributed by atoms with Crippen LogP contribution in [-0.4, -0.2) is 50.4 Å². The van der Waals surface area contributed by atoms with Gasteiger partial charge in [-0.05, 0) is 36.8 Å². The first kappa shape index (κ1) is 19.7. The van der Waals surface area contributed by atoms with Gasteiger partial charge >= 0.3 is 0 Å². The second-order valence-corrected chi connectivity index (χ2v) is 9.53. The van der Waals surface area contributed by atoms with Gasteiger partial charge in [-0.2, -0.15) is 0 Å². The van der Waals surface area contributed by atoms with Gasteiger partial charge in [0.15, 0.2) is 10.3 Å². The van der Waals surface area contributed by atoms with Gasteiger partial charge < -0.3 is 19.3 Å². The minimum Gasteiger partial charge on any atom is -0.495 e. The van der Waals surface area contributed by atoms with Crippen LogP contribution in [0.1, 0.15) is 5.56 Å². The Hall–Kier alpha value is -2.29. The minimum atomic E-state index is 0.769. The molecule has 0 radical (unpaired) electrons. The molecule has 30 heavy (non-hydrogen) atoms. The first-order valence-corrected chi connectivity index (χ1v) is 11.7. The molecule has 6 nitrogen and oxygen atoms in total. The van der Waals surface area contributed by atoms with E-state index in [0.717, 1.165) is 74.3 Å². The zero-order chi connectivity index (χ0) is 20.8. The molecule has 0 saturated carbocycles. The largest absolute Gasteiger partial charge is 0.495 e. The molecule has 156 valence electrons. The smallest absolute Gasteiger partial charge is 0.186 e. The molecule has 2 aromatic heterocycles. The van der Waals surface area contributed by atoms with Gasteiger partial charge in [-0.3, -0.25) is 0 Å². The molecule has 3 heterocycles. The molecule has 1 saturated heterocycles. The molecule has 5 rings (SSSR count). The highest BCUT2D eigenvalue weighted by molar-refractivity contribution is 7.22. The molecule has 9 heteroatoms. The van der Waals surface area contributed by atoms with Crippen molar-refractivity contribution in [2.24, 2.45) is 0 Å². The summed E-state index contributed by atoms with van der Waals surface area (Å²) >= 11 is 9.65. The van der Waals surface area contributed by atoms with E-state index in [1.165, 1.54) is 4.70 Å². The molecule has 1 aliphatic rings. The quantitative estimate of drug-likeness (QED) is 0.416. The van der Waals surface area contributed by atoms with Gasteiger partial charge in [0.05, 0.1) is 24.4 Å². The predicted molar refractivity (Wildman–Crippen MR) is 127 cm³/mol. The average Bonchev–Trinajstić information content (AvgIpc) is 3.41. The summed E-state index contributed by atoms with van der Waals surface area (Å²) < 4.78 is 13.2. The van der Waals surface area contributed by atoms with Crippen molar-refractivity contribution < 1.29 is 9.47 Å². The molecular weight excluding hydrogens is 440 g/mol. The number of piperazine rings is 1. The number of aromatic nitrogens is 2. The highest BCUT2D eigenvalue weighted by atomic mass is 35.5. The number of aryl methyl sites for hydroxylation is 1. The average molecular weight is 461 g/mol. The summed E-state index contributed by atoms with van der Waals surface area (Å²) in [7, 11) is 3.36. The molecule has 0 N–H and O–H groups in total. The van der Waals surface area contributed by atoms with Crippen LogP contribution in [0.5, 0.6) is 11.5 Å². The first-order chi connectivity index (χ1) is 14.6. The standard InChI is InChI=1S/C21H21ClN4O2S2/c1-12-13(22)4-7-16-17(12)23-20(29-16)25-8-10-26(11-9-25)21-24-18-14(27-2)5-6-15(28-3)19(18)30-21/h4-7H,8-11H2,1-3H3. The summed E-state index contributed by atoms with van der Waals surface area (Å²) in [6.07, 6.45) is 0. The van der Waals surface area contributed by atoms with Crippen LogP contribution >= 0.6 is 34.3 Å². The lowest BCUT2D eigenvalue weighted by Gasteiger charge is -2.34. The van der Waals surface area contributed by atoms with Crippen LogP contribution in [0.4, 0.5) is 10.3 Å². The van der Waals surface area contributed by atoms with Gasteiger partial charge in [-0.15, -0.1) is 0 Å². The number of fused-ring (bicyclic) bond motifs is 2. The molecule has 0 atom stereocenters. The van der Waals surface area contributed by atoms with Crippen molar-refractivity contribution in [3.05, 3.63) is 34.9 Å². The fourth-order valence-corrected chi connectivity index (χ4v) is 6.08. The van der Waals surface area contributed by atoms with E-state index in [1.807, 2.05) is 25.1 Å². The summed E-state index contributed by atoms with van der Waals surface area (Å²) in [6.45, 7) is 5.61. The number of benzene rings is 2. The Bertz CT molecular complexity index is 1190. The van der Waals surface area contributed by atoms with E-state index in [4.69, 9.17) is 31.0 Å². The van der Waals surface area contributed by atoms with Crippen LogP contribution in [0.3, 0.4) is 0 Å². The molecule has 1 fully saturated rings. The number of anilines is 2. The second kappa shape index (κ2) is 7.76. The first-order valence-electron chi connectivity index (χ1n) is 9.66. The maximum atomic E-state index is 6.27. The number of rotatable bonds is 4. The van der Waals surface area contributed by atoms with Crippen molar-refractivity contribution in [2.75, 3.05) is 50.2 Å². The van der Waals surface area contributed by atoms with Crippen molar-refractivity contribution in [1.29, 1.82) is 0 Å². The van der Waals surface area contributed by atoms with Gasteiger partial charge in [-0.25, -0.2) is 9.97 Å². The summed E-state index contributed by atoms with van der Waals surface area (Å²) in [5, 5.41) is 2.83. The van der Waals surface area contributed by atoms with Gasteiger partial charge in [-0.1, -0.05) is 34.3 Å². The third-order valence-electron chi connectivity index (χ3n) is 5.46. The molecule has 0 bridgehead atoms. The Labute approximate surface area is 187 Å². The van der Waals surface area contributed by atoms with E-state index < -0.39 is 0 Å². The topological polar surface area (TPSA) is 50.7 Å². The van der Waals surface area contributed by atoms with Crippen molar-refractivity contribution in [3.8, 4) is 11.5 Å². The van der Waals surface area contributed by atoms with E-state index in [-0.39, 0.29) is 0 Å². The maximum Gasteiger partial charge on any atom is 0.186 e. The highest BCUT2D eigenvalue weighted by Crippen LogP contribution is 2.40. The fraction of sp³-hybridized carbons (Fsp3) is 0.333. The summed E-state index contributed by atoms with van der Waals surface area (Å²) in [5.74, 6) is 1.60. The monoisotopic (exact) mass is 460 g/mol. The molecule has 0 spiro atoms. The third-order valence-corrected chi connectivity index (χ3v) is 8.08. The molecular formula is C21H21ClN4O2S2. The Morgan fingerprint density at radius 3 is 2.10 bits per heavy atom. The summed E-state index contributed by atoms with van der Waals surface area (Å²) in [6, 6.07) is 7.85. The molecule has 0 aliphatic carbocycles. The van der Waals surface area contributed by atoms with E-state index in [2.05, 4.69) is 15.9 Å². The van der Waals surface area contributed by atoms with Crippen molar-refractivity contribution in [2.45, 2.75) is 6.92 Å². The fourth-order valence-electron chi connectivity index (χ4n) is 3.72. The lowest BCUT2D eigenvalue weighted by Crippen LogP contribution is -2.46.